The minimum Gasteiger partial charge on any atom is -0.385 e. The molecule has 0 radical (unpaired) electrons. The quantitative estimate of drug-likeness (QED) is 0.528. The summed E-state index contributed by atoms with van der Waals surface area (Å²) in [7, 11) is 1.76. The third-order valence-electron chi connectivity index (χ3n) is 3.84. The van der Waals surface area contributed by atoms with Gasteiger partial charge in [0.1, 0.15) is 0 Å². The second kappa shape index (κ2) is 6.84. The Morgan fingerprint density at radius 1 is 1.53 bits per heavy atom. The van der Waals surface area contributed by atoms with Crippen LogP contribution in [-0.2, 0) is 4.74 Å². The van der Waals surface area contributed by atoms with Crippen molar-refractivity contribution in [3.8, 4) is 0 Å². The average molecular weight is 241 g/mol. The highest BCUT2D eigenvalue weighted by Gasteiger charge is 2.36. The van der Waals surface area contributed by atoms with Crippen molar-refractivity contribution in [2.75, 3.05) is 20.3 Å². The molecular weight excluding hydrogens is 214 g/mol. The van der Waals surface area contributed by atoms with Gasteiger partial charge in [0.2, 0.25) is 0 Å². The first-order valence-electron chi connectivity index (χ1n) is 6.67. The van der Waals surface area contributed by atoms with Crippen LogP contribution in [0.2, 0.25) is 0 Å². The van der Waals surface area contributed by atoms with E-state index in [2.05, 4.69) is 24.2 Å². The van der Waals surface area contributed by atoms with Crippen molar-refractivity contribution in [3.05, 3.63) is 0 Å². The van der Waals surface area contributed by atoms with Crippen molar-refractivity contribution in [2.45, 2.75) is 52.0 Å². The first-order chi connectivity index (χ1) is 8.12. The first-order valence-corrected chi connectivity index (χ1v) is 6.67. The molecule has 0 amide bonds. The van der Waals surface area contributed by atoms with Gasteiger partial charge in [0.15, 0.2) is 5.96 Å². The molecule has 1 atom stereocenters. The van der Waals surface area contributed by atoms with Gasteiger partial charge in [0.05, 0.1) is 0 Å². The molecule has 3 N–H and O–H groups in total. The lowest BCUT2D eigenvalue weighted by Crippen LogP contribution is -2.40. The lowest BCUT2D eigenvalue weighted by atomic mass is 9.67. The highest BCUT2D eigenvalue weighted by Crippen LogP contribution is 2.44. The lowest BCUT2D eigenvalue weighted by Gasteiger charge is -2.40. The van der Waals surface area contributed by atoms with E-state index in [1.165, 1.54) is 19.3 Å². The zero-order valence-electron chi connectivity index (χ0n) is 11.5. The Hall–Kier alpha value is -0.770. The summed E-state index contributed by atoms with van der Waals surface area (Å²) in [4.78, 5) is 4.49. The second-order valence-electron chi connectivity index (χ2n) is 5.25. The maximum Gasteiger partial charge on any atom is 0.188 e. The van der Waals surface area contributed by atoms with Gasteiger partial charge in [-0.05, 0) is 38.0 Å². The summed E-state index contributed by atoms with van der Waals surface area (Å²) in [6.07, 6.45) is 6.00. The Balaban J connectivity index is 2.37. The number of ether oxygens (including phenoxy) is 1. The molecule has 1 unspecified atom stereocenters. The first kappa shape index (κ1) is 14.3. The smallest absolute Gasteiger partial charge is 0.188 e. The molecule has 1 aliphatic carbocycles. The Morgan fingerprint density at radius 2 is 2.24 bits per heavy atom. The number of rotatable bonds is 7. The number of hydrogen-bond acceptors (Lipinski definition) is 2. The van der Waals surface area contributed by atoms with Crippen LogP contribution in [0.5, 0.6) is 0 Å². The number of nitrogens with one attached hydrogen (secondary N) is 1. The van der Waals surface area contributed by atoms with Crippen molar-refractivity contribution in [1.82, 2.24) is 5.32 Å². The number of nitrogens with two attached hydrogens (primary N) is 1. The van der Waals surface area contributed by atoms with Crippen LogP contribution in [-0.4, -0.2) is 32.3 Å². The fourth-order valence-corrected chi connectivity index (χ4v) is 2.14. The van der Waals surface area contributed by atoms with Gasteiger partial charge in [-0.1, -0.05) is 13.3 Å². The standard InChI is InChI=1S/C13H27N3O/c1-4-11(2)16-12(14)15-10-13(6-5-7-13)8-9-17-3/h11H,4-10H2,1-3H3,(H3,14,15,16). The predicted octanol–water partition coefficient (Wildman–Crippen LogP) is 1.90. The number of aliphatic imine (C=N–C) groups is 1. The van der Waals surface area contributed by atoms with Gasteiger partial charge in [-0.15, -0.1) is 0 Å². The van der Waals surface area contributed by atoms with E-state index < -0.39 is 0 Å². The molecule has 0 bridgehead atoms. The van der Waals surface area contributed by atoms with Crippen molar-refractivity contribution in [2.24, 2.45) is 16.1 Å². The summed E-state index contributed by atoms with van der Waals surface area (Å²) in [5.74, 6) is 0.586. The molecule has 0 aromatic carbocycles. The molecule has 1 aliphatic rings. The highest BCUT2D eigenvalue weighted by atomic mass is 16.5. The van der Waals surface area contributed by atoms with Crippen molar-refractivity contribution in [3.63, 3.8) is 0 Å². The molecule has 0 aromatic heterocycles. The normalized spacial score (nSPS) is 20.8. The van der Waals surface area contributed by atoms with Gasteiger partial charge in [-0.25, -0.2) is 0 Å². The van der Waals surface area contributed by atoms with Crippen LogP contribution in [0.15, 0.2) is 4.99 Å². The molecule has 17 heavy (non-hydrogen) atoms. The molecule has 4 nitrogen and oxygen atoms in total. The minimum atomic E-state index is 0.359. The van der Waals surface area contributed by atoms with Gasteiger partial charge >= 0.3 is 0 Å². The lowest BCUT2D eigenvalue weighted by molar-refractivity contribution is 0.0779. The van der Waals surface area contributed by atoms with Gasteiger partial charge in [-0.2, -0.15) is 0 Å². The van der Waals surface area contributed by atoms with E-state index in [-0.39, 0.29) is 0 Å². The molecule has 0 saturated heterocycles. The maximum absolute atomic E-state index is 5.87. The zero-order valence-corrected chi connectivity index (χ0v) is 11.5. The van der Waals surface area contributed by atoms with Crippen LogP contribution < -0.4 is 11.1 Å². The van der Waals surface area contributed by atoms with Crippen LogP contribution in [0.4, 0.5) is 0 Å². The van der Waals surface area contributed by atoms with Crippen LogP contribution in [0, 0.1) is 5.41 Å². The zero-order chi connectivity index (χ0) is 12.7. The Kier molecular flexibility index (Phi) is 5.75. The number of nitrogens with zero attached hydrogens (tertiary/aromatic N) is 1. The van der Waals surface area contributed by atoms with Crippen molar-refractivity contribution >= 4 is 5.96 Å². The summed E-state index contributed by atoms with van der Waals surface area (Å²) in [6.45, 7) is 5.92. The van der Waals surface area contributed by atoms with Crippen LogP contribution in [0.3, 0.4) is 0 Å². The largest absolute Gasteiger partial charge is 0.385 e. The maximum atomic E-state index is 5.87. The fraction of sp³-hybridized carbons (Fsp3) is 0.923. The van der Waals surface area contributed by atoms with Crippen LogP contribution in [0.25, 0.3) is 0 Å². The summed E-state index contributed by atoms with van der Waals surface area (Å²) < 4.78 is 5.17. The van der Waals surface area contributed by atoms with Gasteiger partial charge in [-0.3, -0.25) is 4.99 Å². The molecule has 0 aliphatic heterocycles. The predicted molar refractivity (Wildman–Crippen MR) is 72.2 cm³/mol. The summed E-state index contributed by atoms with van der Waals surface area (Å²) in [6, 6.07) is 0.398. The molecule has 0 spiro atoms. The number of hydrogen-bond donors (Lipinski definition) is 2. The molecule has 1 saturated carbocycles. The van der Waals surface area contributed by atoms with E-state index >= 15 is 0 Å². The highest BCUT2D eigenvalue weighted by molar-refractivity contribution is 5.78. The van der Waals surface area contributed by atoms with E-state index in [4.69, 9.17) is 10.5 Å². The van der Waals surface area contributed by atoms with Gasteiger partial charge < -0.3 is 15.8 Å². The van der Waals surface area contributed by atoms with E-state index in [9.17, 15) is 0 Å². The SMILES string of the molecule is CCC(C)NC(N)=NCC1(CCOC)CCC1. The summed E-state index contributed by atoms with van der Waals surface area (Å²) in [5, 5.41) is 3.20. The third-order valence-corrected chi connectivity index (χ3v) is 3.84. The average Bonchev–Trinajstić information content (AvgIpc) is 2.27. The Labute approximate surface area is 105 Å². The van der Waals surface area contributed by atoms with E-state index in [0.717, 1.165) is 26.0 Å². The summed E-state index contributed by atoms with van der Waals surface area (Å²) >= 11 is 0. The monoisotopic (exact) mass is 241 g/mol. The fourth-order valence-electron chi connectivity index (χ4n) is 2.14. The Bertz CT molecular complexity index is 249. The summed E-state index contributed by atoms with van der Waals surface area (Å²) in [5.41, 5.74) is 6.23. The second-order valence-corrected chi connectivity index (χ2v) is 5.25. The molecule has 4 heteroatoms. The van der Waals surface area contributed by atoms with E-state index in [1.54, 1.807) is 7.11 Å². The topological polar surface area (TPSA) is 59.6 Å². The molecule has 1 fully saturated rings. The van der Waals surface area contributed by atoms with Gasteiger partial charge in [0, 0.05) is 26.3 Å². The van der Waals surface area contributed by atoms with Crippen molar-refractivity contribution < 1.29 is 4.74 Å². The molecular formula is C13H27N3O. The molecule has 0 heterocycles. The number of methoxy groups -OCH3 is 1. The van der Waals surface area contributed by atoms with Gasteiger partial charge in [0.25, 0.3) is 0 Å². The number of guanidine groups is 1. The minimum absolute atomic E-state index is 0.359. The Morgan fingerprint density at radius 3 is 2.71 bits per heavy atom. The van der Waals surface area contributed by atoms with Crippen LogP contribution >= 0.6 is 0 Å². The third kappa shape index (κ3) is 4.54. The van der Waals surface area contributed by atoms with Crippen LogP contribution in [0.1, 0.15) is 46.0 Å². The molecule has 100 valence electrons. The van der Waals surface area contributed by atoms with E-state index in [0.29, 0.717) is 17.4 Å². The van der Waals surface area contributed by atoms with E-state index in [1.807, 2.05) is 0 Å². The van der Waals surface area contributed by atoms with Crippen molar-refractivity contribution in [1.29, 1.82) is 0 Å². The molecule has 0 aromatic rings. The molecule has 1 rings (SSSR count).